The van der Waals surface area contributed by atoms with Gasteiger partial charge in [0.05, 0.1) is 0 Å². The number of aromatic carboxylic acids is 1. The first kappa shape index (κ1) is 8.52. The molecule has 0 aromatic carbocycles. The van der Waals surface area contributed by atoms with Crippen molar-refractivity contribution in [3.05, 3.63) is 33.9 Å². The van der Waals surface area contributed by atoms with Crippen LogP contribution in [0, 0.1) is 0 Å². The van der Waals surface area contributed by atoms with Gasteiger partial charge in [-0.2, -0.15) is 0 Å². The molecule has 0 aliphatic carbocycles. The fourth-order valence-corrected chi connectivity index (χ4v) is 0.809. The second-order valence-corrected chi connectivity index (χ2v) is 2.28. The molecule has 4 nitrogen and oxygen atoms in total. The van der Waals surface area contributed by atoms with Crippen LogP contribution in [0.4, 0.5) is 0 Å². The van der Waals surface area contributed by atoms with Gasteiger partial charge in [0.25, 0.3) is 0 Å². The highest BCUT2D eigenvalue weighted by Crippen LogP contribution is 2.01. The van der Waals surface area contributed by atoms with Crippen LogP contribution >= 0.6 is 0 Å². The summed E-state index contributed by atoms with van der Waals surface area (Å²) in [5.41, 5.74) is -0.337. The summed E-state index contributed by atoms with van der Waals surface area (Å²) in [6.07, 6.45) is 0.510. The van der Waals surface area contributed by atoms with Gasteiger partial charge in [0.2, 0.25) is 5.76 Å². The summed E-state index contributed by atoms with van der Waals surface area (Å²) in [5.74, 6) is -1.14. The summed E-state index contributed by atoms with van der Waals surface area (Å²) in [7, 11) is 0. The number of carboxylic acids is 1. The third-order valence-corrected chi connectivity index (χ3v) is 1.38. The molecule has 0 radical (unpaired) electrons. The zero-order valence-electron chi connectivity index (χ0n) is 6.53. The molecule has 12 heavy (non-hydrogen) atoms. The highest BCUT2D eigenvalue weighted by Gasteiger charge is 2.07. The largest absolute Gasteiger partial charge is 0.475 e. The van der Waals surface area contributed by atoms with Crippen LogP contribution in [0.2, 0.25) is 0 Å². The van der Waals surface area contributed by atoms with Crippen LogP contribution in [0.5, 0.6) is 0 Å². The van der Waals surface area contributed by atoms with Gasteiger partial charge in [-0.3, -0.25) is 4.79 Å². The first-order chi connectivity index (χ1) is 5.63. The first-order valence-electron chi connectivity index (χ1n) is 3.51. The van der Waals surface area contributed by atoms with E-state index >= 15 is 0 Å². The quantitative estimate of drug-likeness (QED) is 0.712. The fourth-order valence-electron chi connectivity index (χ4n) is 0.809. The summed E-state index contributed by atoms with van der Waals surface area (Å²) in [5, 5.41) is 8.50. The number of rotatable bonds is 2. The van der Waals surface area contributed by atoms with Gasteiger partial charge in [-0.05, 0) is 0 Å². The summed E-state index contributed by atoms with van der Waals surface area (Å²) < 4.78 is 4.87. The summed E-state index contributed by atoms with van der Waals surface area (Å²) in [6, 6.07) is 2.24. The van der Waals surface area contributed by atoms with Crippen molar-refractivity contribution in [3.8, 4) is 0 Å². The number of carboxylic acid groups (broad SMARTS) is 1. The molecule has 0 aliphatic rings. The van der Waals surface area contributed by atoms with Crippen molar-refractivity contribution in [1.29, 1.82) is 0 Å². The van der Waals surface area contributed by atoms with Crippen molar-refractivity contribution < 1.29 is 14.3 Å². The molecule has 0 saturated heterocycles. The molecule has 0 fully saturated rings. The van der Waals surface area contributed by atoms with Crippen LogP contribution < -0.4 is 5.43 Å². The molecule has 1 rings (SSSR count). The lowest BCUT2D eigenvalue weighted by Crippen LogP contribution is -2.06. The average Bonchev–Trinajstić information content (AvgIpc) is 2.03. The molecule has 0 spiro atoms. The Hall–Kier alpha value is -1.58. The van der Waals surface area contributed by atoms with E-state index in [4.69, 9.17) is 9.52 Å². The van der Waals surface area contributed by atoms with Gasteiger partial charge >= 0.3 is 5.97 Å². The number of carbonyl (C=O) groups is 1. The summed E-state index contributed by atoms with van der Waals surface area (Å²) in [6.45, 7) is 1.78. The molecule has 0 unspecified atom stereocenters. The topological polar surface area (TPSA) is 67.5 Å². The Morgan fingerprint density at radius 2 is 2.25 bits per heavy atom. The molecule has 4 heteroatoms. The monoisotopic (exact) mass is 168 g/mol. The Kier molecular flexibility index (Phi) is 2.28. The SMILES string of the molecule is CCc1cc(=O)cc(C(=O)O)o1. The Labute approximate surface area is 68.4 Å². The molecule has 1 aromatic rings. The molecule has 1 N–H and O–H groups in total. The standard InChI is InChI=1S/C8H8O4/c1-2-6-3-5(9)4-7(12-6)8(10)11/h3-4H,2H2,1H3,(H,10,11). The minimum Gasteiger partial charge on any atom is -0.475 e. The Morgan fingerprint density at radius 1 is 1.58 bits per heavy atom. The van der Waals surface area contributed by atoms with Crippen molar-refractivity contribution in [2.24, 2.45) is 0 Å². The molecule has 64 valence electrons. The highest BCUT2D eigenvalue weighted by molar-refractivity contribution is 5.84. The van der Waals surface area contributed by atoms with Crippen LogP contribution in [0.25, 0.3) is 0 Å². The van der Waals surface area contributed by atoms with Gasteiger partial charge in [0.15, 0.2) is 5.43 Å². The minimum absolute atomic E-state index is 0.306. The second kappa shape index (κ2) is 3.21. The van der Waals surface area contributed by atoms with Crippen LogP contribution in [0.3, 0.4) is 0 Å². The van der Waals surface area contributed by atoms with Crippen molar-refractivity contribution in [3.63, 3.8) is 0 Å². The maximum atomic E-state index is 10.9. The molecule has 0 atom stereocenters. The van der Waals surface area contributed by atoms with Crippen LogP contribution in [0.15, 0.2) is 21.3 Å². The number of hydrogen-bond donors (Lipinski definition) is 1. The number of aryl methyl sites for hydroxylation is 1. The predicted molar refractivity (Wildman–Crippen MR) is 41.3 cm³/mol. The van der Waals surface area contributed by atoms with E-state index in [1.807, 2.05) is 0 Å². The molecule has 0 saturated carbocycles. The van der Waals surface area contributed by atoms with Crippen molar-refractivity contribution in [2.75, 3.05) is 0 Å². The maximum absolute atomic E-state index is 10.9. The van der Waals surface area contributed by atoms with E-state index in [0.29, 0.717) is 12.2 Å². The molecule has 0 bridgehead atoms. The second-order valence-electron chi connectivity index (χ2n) is 2.28. The zero-order chi connectivity index (χ0) is 9.14. The third kappa shape index (κ3) is 1.72. The smallest absolute Gasteiger partial charge is 0.371 e. The van der Waals surface area contributed by atoms with Crippen LogP contribution in [-0.2, 0) is 6.42 Å². The van der Waals surface area contributed by atoms with Crippen LogP contribution in [-0.4, -0.2) is 11.1 Å². The lowest BCUT2D eigenvalue weighted by Gasteiger charge is -1.96. The van der Waals surface area contributed by atoms with E-state index in [1.165, 1.54) is 6.07 Å². The molecule has 0 amide bonds. The average molecular weight is 168 g/mol. The molecular weight excluding hydrogens is 160 g/mol. The van der Waals surface area contributed by atoms with E-state index in [9.17, 15) is 9.59 Å². The van der Waals surface area contributed by atoms with E-state index < -0.39 is 5.97 Å². The van der Waals surface area contributed by atoms with Gasteiger partial charge < -0.3 is 9.52 Å². The van der Waals surface area contributed by atoms with Crippen molar-refractivity contribution >= 4 is 5.97 Å². The molecule has 0 aliphatic heterocycles. The molecule has 1 aromatic heterocycles. The Bertz CT molecular complexity index is 350. The highest BCUT2D eigenvalue weighted by atomic mass is 16.4. The van der Waals surface area contributed by atoms with E-state index in [-0.39, 0.29) is 11.2 Å². The van der Waals surface area contributed by atoms with E-state index in [2.05, 4.69) is 0 Å². The lowest BCUT2D eigenvalue weighted by molar-refractivity contribution is 0.0657. The van der Waals surface area contributed by atoms with E-state index in [1.54, 1.807) is 6.92 Å². The summed E-state index contributed by atoms with van der Waals surface area (Å²) in [4.78, 5) is 21.2. The van der Waals surface area contributed by atoms with Gasteiger partial charge in [-0.15, -0.1) is 0 Å². The lowest BCUT2D eigenvalue weighted by atomic mass is 10.3. The number of hydrogen-bond acceptors (Lipinski definition) is 3. The maximum Gasteiger partial charge on any atom is 0.371 e. The van der Waals surface area contributed by atoms with Gasteiger partial charge in [-0.1, -0.05) is 6.92 Å². The van der Waals surface area contributed by atoms with Gasteiger partial charge in [0.1, 0.15) is 5.76 Å². The van der Waals surface area contributed by atoms with E-state index in [0.717, 1.165) is 6.07 Å². The van der Waals surface area contributed by atoms with Crippen molar-refractivity contribution in [2.45, 2.75) is 13.3 Å². The third-order valence-electron chi connectivity index (χ3n) is 1.38. The fraction of sp³-hybridized carbons (Fsp3) is 0.250. The van der Waals surface area contributed by atoms with Crippen LogP contribution in [0.1, 0.15) is 23.2 Å². The molecular formula is C8H8O4. The van der Waals surface area contributed by atoms with Gasteiger partial charge in [-0.25, -0.2) is 4.79 Å². The Morgan fingerprint density at radius 3 is 2.75 bits per heavy atom. The normalized spacial score (nSPS) is 9.75. The Balaban J connectivity index is 3.24. The predicted octanol–water partition coefficient (Wildman–Crippen LogP) is 0.900. The minimum atomic E-state index is -1.22. The first-order valence-corrected chi connectivity index (χ1v) is 3.51. The summed E-state index contributed by atoms with van der Waals surface area (Å²) >= 11 is 0. The zero-order valence-corrected chi connectivity index (χ0v) is 6.53. The molecule has 1 heterocycles. The van der Waals surface area contributed by atoms with Gasteiger partial charge in [0, 0.05) is 18.6 Å². The van der Waals surface area contributed by atoms with Crippen molar-refractivity contribution in [1.82, 2.24) is 0 Å².